The maximum absolute atomic E-state index is 11.6. The Bertz CT molecular complexity index is 524. The van der Waals surface area contributed by atoms with Gasteiger partial charge in [-0.3, -0.25) is 4.55 Å². The summed E-state index contributed by atoms with van der Waals surface area (Å²) in [4.78, 5) is -0.192. The van der Waals surface area contributed by atoms with E-state index in [2.05, 4.69) is 0 Å². The van der Waals surface area contributed by atoms with Crippen molar-refractivity contribution in [1.29, 1.82) is 0 Å². The molecule has 0 radical (unpaired) electrons. The van der Waals surface area contributed by atoms with Crippen molar-refractivity contribution < 1.29 is 17.7 Å². The summed E-state index contributed by atoms with van der Waals surface area (Å²) in [6.07, 6.45) is 1.37. The first-order chi connectivity index (χ1) is 7.60. The minimum absolute atomic E-state index is 0.192. The van der Waals surface area contributed by atoms with Crippen LogP contribution in [0.4, 0.5) is 0 Å². The van der Waals surface area contributed by atoms with Gasteiger partial charge in [0, 0.05) is 26.3 Å². The topological polar surface area (TPSA) is 80.4 Å². The van der Waals surface area contributed by atoms with Gasteiger partial charge in [-0.25, -0.2) is 4.74 Å². The zero-order valence-electron chi connectivity index (χ0n) is 9.91. The quantitative estimate of drug-likeness (QED) is 0.287. The van der Waals surface area contributed by atoms with Gasteiger partial charge in [0.05, 0.1) is 4.90 Å². The molecule has 0 saturated carbocycles. The number of rotatable bonds is 2. The van der Waals surface area contributed by atoms with Crippen molar-refractivity contribution in [3.05, 3.63) is 35.0 Å². The lowest BCUT2D eigenvalue weighted by Gasteiger charge is -2.18. The van der Waals surface area contributed by atoms with E-state index in [0.29, 0.717) is 5.56 Å². The average molecular weight is 257 g/mol. The lowest BCUT2D eigenvalue weighted by Crippen LogP contribution is -2.29. The summed E-state index contributed by atoms with van der Waals surface area (Å²) in [5.74, 6) is 0. The third kappa shape index (κ3) is 3.83. The fourth-order valence-corrected chi connectivity index (χ4v) is 1.53. The Balaban J connectivity index is 3.06. The first-order valence-electron chi connectivity index (χ1n) is 4.99. The number of hydrogen-bond acceptors (Lipinski definition) is 3. The van der Waals surface area contributed by atoms with Crippen molar-refractivity contribution in [2.75, 3.05) is 0 Å². The highest BCUT2D eigenvalue weighted by molar-refractivity contribution is 7.85. The van der Waals surface area contributed by atoms with Crippen molar-refractivity contribution in [3.8, 4) is 0 Å². The predicted molar refractivity (Wildman–Crippen MR) is 64.8 cm³/mol. The zero-order chi connectivity index (χ0) is 13.3. The number of nitrogens with zero attached hydrogens (tertiary/aromatic N) is 1. The van der Waals surface area contributed by atoms with E-state index < -0.39 is 15.7 Å². The third-order valence-electron chi connectivity index (χ3n) is 2.11. The molecule has 0 bridgehead atoms. The molecule has 6 heteroatoms. The van der Waals surface area contributed by atoms with E-state index in [1.807, 2.05) is 0 Å². The van der Waals surface area contributed by atoms with Crippen LogP contribution in [0.15, 0.2) is 29.2 Å². The number of hydrogen-bond donors (Lipinski definition) is 1. The molecule has 5 nitrogen and oxygen atoms in total. The molecule has 0 fully saturated rings. The first kappa shape index (κ1) is 13.7. The van der Waals surface area contributed by atoms with E-state index >= 15 is 0 Å². The molecule has 0 aliphatic rings. The molecular weight excluding hydrogens is 242 g/mol. The molecule has 0 amide bonds. The fourth-order valence-electron chi connectivity index (χ4n) is 1.05. The minimum Gasteiger partial charge on any atom is -0.623 e. The molecule has 0 aromatic heterocycles. The van der Waals surface area contributed by atoms with Crippen LogP contribution in [0.5, 0.6) is 0 Å². The second kappa shape index (κ2) is 4.46. The summed E-state index contributed by atoms with van der Waals surface area (Å²) in [5.41, 5.74) is 0.0178. The standard InChI is InChI=1S/C11H15NO4S/c1-11(2,3)12(13)8-9-4-6-10(7-5-9)17(14,15)16/h4-8H,1-3H3,(H,14,15,16). The van der Waals surface area contributed by atoms with Gasteiger partial charge >= 0.3 is 0 Å². The van der Waals surface area contributed by atoms with Crippen LogP contribution in [0.25, 0.3) is 0 Å². The molecule has 0 spiro atoms. The third-order valence-corrected chi connectivity index (χ3v) is 2.97. The molecule has 1 N–H and O–H groups in total. The van der Waals surface area contributed by atoms with Gasteiger partial charge in [-0.15, -0.1) is 0 Å². The maximum Gasteiger partial charge on any atom is 0.294 e. The molecule has 1 aromatic carbocycles. The van der Waals surface area contributed by atoms with Gasteiger partial charge in [-0.05, 0) is 24.3 Å². The summed E-state index contributed by atoms with van der Waals surface area (Å²) in [7, 11) is -4.18. The van der Waals surface area contributed by atoms with Crippen LogP contribution in [-0.4, -0.2) is 29.5 Å². The monoisotopic (exact) mass is 257 g/mol. The zero-order valence-corrected chi connectivity index (χ0v) is 10.7. The highest BCUT2D eigenvalue weighted by Gasteiger charge is 2.18. The van der Waals surface area contributed by atoms with Crippen LogP contribution >= 0.6 is 0 Å². The van der Waals surface area contributed by atoms with Gasteiger partial charge in [0.25, 0.3) is 10.1 Å². The minimum atomic E-state index is -4.18. The number of benzene rings is 1. The van der Waals surface area contributed by atoms with Gasteiger partial charge in [0.15, 0.2) is 11.8 Å². The molecule has 0 aliphatic heterocycles. The van der Waals surface area contributed by atoms with Gasteiger partial charge in [-0.1, -0.05) is 0 Å². The van der Waals surface area contributed by atoms with Crippen LogP contribution in [0.2, 0.25) is 0 Å². The summed E-state index contributed by atoms with van der Waals surface area (Å²) in [6.45, 7) is 5.30. The van der Waals surface area contributed by atoms with Crippen molar-refractivity contribution in [1.82, 2.24) is 0 Å². The molecule has 94 valence electrons. The highest BCUT2D eigenvalue weighted by Crippen LogP contribution is 2.10. The van der Waals surface area contributed by atoms with Crippen LogP contribution in [0.3, 0.4) is 0 Å². The normalized spacial score (nSPS) is 13.8. The predicted octanol–water partition coefficient (Wildman–Crippen LogP) is 1.66. The maximum atomic E-state index is 11.6. The van der Waals surface area contributed by atoms with Gasteiger partial charge < -0.3 is 5.21 Å². The first-order valence-corrected chi connectivity index (χ1v) is 6.43. The average Bonchev–Trinajstić information content (AvgIpc) is 2.15. The summed E-state index contributed by atoms with van der Waals surface area (Å²) in [6, 6.07) is 5.41. The second-order valence-electron chi connectivity index (χ2n) is 4.67. The van der Waals surface area contributed by atoms with Gasteiger partial charge in [0.1, 0.15) is 0 Å². The Morgan fingerprint density at radius 2 is 1.71 bits per heavy atom. The van der Waals surface area contributed by atoms with Crippen LogP contribution in [-0.2, 0) is 10.1 Å². The van der Waals surface area contributed by atoms with Gasteiger partial charge in [-0.2, -0.15) is 8.42 Å². The molecule has 1 aromatic rings. The summed E-state index contributed by atoms with van der Waals surface area (Å²) in [5, 5.41) is 11.6. The Labute approximate surface area is 101 Å². The lowest BCUT2D eigenvalue weighted by atomic mass is 10.1. The Hall–Kier alpha value is -1.40. The molecule has 0 saturated heterocycles. The van der Waals surface area contributed by atoms with Crippen molar-refractivity contribution >= 4 is 16.3 Å². The highest BCUT2D eigenvalue weighted by atomic mass is 32.2. The van der Waals surface area contributed by atoms with Crippen molar-refractivity contribution in [2.45, 2.75) is 31.2 Å². The number of hydroxylamine groups is 1. The Morgan fingerprint density at radius 3 is 2.06 bits per heavy atom. The molecular formula is C11H15NO4S. The van der Waals surface area contributed by atoms with E-state index in [-0.39, 0.29) is 4.90 Å². The van der Waals surface area contributed by atoms with Crippen molar-refractivity contribution in [2.24, 2.45) is 0 Å². The van der Waals surface area contributed by atoms with E-state index in [4.69, 9.17) is 4.55 Å². The van der Waals surface area contributed by atoms with Crippen molar-refractivity contribution in [3.63, 3.8) is 0 Å². The molecule has 17 heavy (non-hydrogen) atoms. The largest absolute Gasteiger partial charge is 0.623 e. The van der Waals surface area contributed by atoms with E-state index in [1.54, 1.807) is 20.8 Å². The summed E-state index contributed by atoms with van der Waals surface area (Å²) < 4.78 is 31.2. The molecule has 0 unspecified atom stereocenters. The molecule has 1 rings (SSSR count). The lowest BCUT2D eigenvalue weighted by molar-refractivity contribution is -0.530. The van der Waals surface area contributed by atoms with Crippen LogP contribution in [0, 0.1) is 5.21 Å². The van der Waals surface area contributed by atoms with Crippen LogP contribution in [0.1, 0.15) is 26.3 Å². The Morgan fingerprint density at radius 1 is 1.24 bits per heavy atom. The Kier molecular flexibility index (Phi) is 3.59. The molecule has 0 heterocycles. The van der Waals surface area contributed by atoms with E-state index in [1.165, 1.54) is 30.5 Å². The summed E-state index contributed by atoms with van der Waals surface area (Å²) >= 11 is 0. The molecule has 0 aliphatic carbocycles. The fraction of sp³-hybridized carbons (Fsp3) is 0.364. The van der Waals surface area contributed by atoms with E-state index in [9.17, 15) is 13.6 Å². The van der Waals surface area contributed by atoms with E-state index in [0.717, 1.165) is 4.74 Å². The SMILES string of the molecule is CC(C)(C)[N+]([O-])=Cc1ccc(S(=O)(=O)O)cc1. The molecule has 0 atom stereocenters. The van der Waals surface area contributed by atoms with Gasteiger partial charge in [0.2, 0.25) is 0 Å². The smallest absolute Gasteiger partial charge is 0.294 e. The van der Waals surface area contributed by atoms with Crippen LogP contribution < -0.4 is 0 Å². The second-order valence-corrected chi connectivity index (χ2v) is 6.09.